The van der Waals surface area contributed by atoms with Gasteiger partial charge in [0.1, 0.15) is 0 Å². The highest BCUT2D eigenvalue weighted by molar-refractivity contribution is 6.14. The molecule has 0 saturated heterocycles. The summed E-state index contributed by atoms with van der Waals surface area (Å²) >= 11 is 0. The quantitative estimate of drug-likeness (QED) is 0.413. The molecule has 0 aliphatic rings. The van der Waals surface area contributed by atoms with Crippen LogP contribution in [0.4, 0.5) is 11.4 Å². The fourth-order valence-corrected chi connectivity index (χ4v) is 3.42. The normalized spacial score (nSPS) is 11.2. The van der Waals surface area contributed by atoms with E-state index in [9.17, 15) is 0 Å². The average molecular weight is 313 g/mol. The van der Waals surface area contributed by atoms with Crippen molar-refractivity contribution in [3.8, 4) is 11.3 Å². The van der Waals surface area contributed by atoms with E-state index in [4.69, 9.17) is 16.5 Å². The van der Waals surface area contributed by atoms with E-state index in [1.807, 2.05) is 24.3 Å². The molecular formula is C21H19N3. The number of nitrogen functional groups attached to an aromatic ring is 2. The zero-order valence-corrected chi connectivity index (χ0v) is 13.6. The summed E-state index contributed by atoms with van der Waals surface area (Å²) in [5.41, 5.74) is 17.7. The highest BCUT2D eigenvalue weighted by Gasteiger charge is 2.15. The molecule has 0 saturated carbocycles. The van der Waals surface area contributed by atoms with Gasteiger partial charge in [0.05, 0.1) is 22.6 Å². The molecule has 0 aliphatic carbocycles. The van der Waals surface area contributed by atoms with Gasteiger partial charge in [-0.2, -0.15) is 0 Å². The number of rotatable bonds is 2. The summed E-state index contributed by atoms with van der Waals surface area (Å²) in [6.45, 7) is 2.10. The van der Waals surface area contributed by atoms with Gasteiger partial charge in [-0.3, -0.25) is 0 Å². The molecule has 0 amide bonds. The van der Waals surface area contributed by atoms with Gasteiger partial charge < -0.3 is 11.5 Å². The van der Waals surface area contributed by atoms with Gasteiger partial charge in [-0.05, 0) is 23.4 Å². The molecule has 24 heavy (non-hydrogen) atoms. The van der Waals surface area contributed by atoms with Gasteiger partial charge in [0.2, 0.25) is 0 Å². The van der Waals surface area contributed by atoms with Crippen LogP contribution in [-0.4, -0.2) is 4.98 Å². The lowest BCUT2D eigenvalue weighted by Crippen LogP contribution is -2.02. The standard InChI is InChI=1S/C21H19N3/c1-2-14-19-15-10-6-7-11-16(15)21(13-8-4-3-5-9-13)24-18(19)12-17(22)20(14)23/h3-12H,2,22-23H2,1H3. The van der Waals surface area contributed by atoms with E-state index in [-0.39, 0.29) is 0 Å². The number of nitrogens with zero attached hydrogens (tertiary/aromatic N) is 1. The Morgan fingerprint density at radius 1 is 0.875 bits per heavy atom. The average Bonchev–Trinajstić information content (AvgIpc) is 2.63. The zero-order chi connectivity index (χ0) is 16.7. The number of hydrogen-bond acceptors (Lipinski definition) is 3. The van der Waals surface area contributed by atoms with Crippen molar-refractivity contribution in [2.75, 3.05) is 11.5 Å². The molecule has 3 aromatic carbocycles. The Hall–Kier alpha value is -3.07. The number of nitrogens with two attached hydrogens (primary N) is 2. The van der Waals surface area contributed by atoms with Crippen LogP contribution in [0.5, 0.6) is 0 Å². The SMILES string of the molecule is CCc1c(N)c(N)cc2nc(-c3ccccc3)c3ccccc3c12. The second-order valence-electron chi connectivity index (χ2n) is 5.98. The van der Waals surface area contributed by atoms with Gasteiger partial charge >= 0.3 is 0 Å². The zero-order valence-electron chi connectivity index (χ0n) is 13.6. The first-order valence-electron chi connectivity index (χ1n) is 8.15. The molecule has 4 N–H and O–H groups in total. The van der Waals surface area contributed by atoms with Crippen LogP contribution >= 0.6 is 0 Å². The summed E-state index contributed by atoms with van der Waals surface area (Å²) in [6, 6.07) is 20.5. The van der Waals surface area contributed by atoms with Crippen LogP contribution < -0.4 is 11.5 Å². The molecule has 3 heteroatoms. The molecule has 4 aromatic rings. The maximum atomic E-state index is 6.25. The fraction of sp³-hybridized carbons (Fsp3) is 0.0952. The predicted octanol–water partition coefficient (Wildman–Crippen LogP) is 4.78. The van der Waals surface area contributed by atoms with Crippen LogP contribution in [0.15, 0.2) is 60.7 Å². The van der Waals surface area contributed by atoms with Crippen LogP contribution in [0.3, 0.4) is 0 Å². The summed E-state index contributed by atoms with van der Waals surface area (Å²) in [5.74, 6) is 0. The molecule has 0 atom stereocenters. The smallest absolute Gasteiger partial charge is 0.0788 e. The summed E-state index contributed by atoms with van der Waals surface area (Å²) < 4.78 is 0. The highest BCUT2D eigenvalue weighted by atomic mass is 14.7. The molecule has 0 radical (unpaired) electrons. The van der Waals surface area contributed by atoms with Gasteiger partial charge in [-0.1, -0.05) is 61.5 Å². The van der Waals surface area contributed by atoms with E-state index in [1.165, 1.54) is 5.39 Å². The first-order chi connectivity index (χ1) is 11.7. The van der Waals surface area contributed by atoms with E-state index in [2.05, 4.69) is 43.3 Å². The maximum Gasteiger partial charge on any atom is 0.0788 e. The summed E-state index contributed by atoms with van der Waals surface area (Å²) in [4.78, 5) is 4.95. The Bertz CT molecular complexity index is 1050. The monoisotopic (exact) mass is 313 g/mol. The molecule has 0 aliphatic heterocycles. The van der Waals surface area contributed by atoms with Crippen molar-refractivity contribution < 1.29 is 0 Å². The van der Waals surface area contributed by atoms with Crippen molar-refractivity contribution in [3.05, 3.63) is 66.2 Å². The largest absolute Gasteiger partial charge is 0.397 e. The number of aromatic nitrogens is 1. The number of hydrogen-bond donors (Lipinski definition) is 2. The Morgan fingerprint density at radius 2 is 1.54 bits per heavy atom. The minimum atomic E-state index is 0.598. The molecule has 0 unspecified atom stereocenters. The second kappa shape index (κ2) is 5.53. The topological polar surface area (TPSA) is 64.9 Å². The third-order valence-electron chi connectivity index (χ3n) is 4.57. The molecule has 1 aromatic heterocycles. The molecule has 1 heterocycles. The van der Waals surface area contributed by atoms with E-state index in [1.54, 1.807) is 0 Å². The molecule has 0 bridgehead atoms. The maximum absolute atomic E-state index is 6.25. The van der Waals surface area contributed by atoms with Crippen molar-refractivity contribution in [1.29, 1.82) is 0 Å². The van der Waals surface area contributed by atoms with E-state index >= 15 is 0 Å². The fourth-order valence-electron chi connectivity index (χ4n) is 3.42. The lowest BCUT2D eigenvalue weighted by Gasteiger charge is -2.15. The Morgan fingerprint density at radius 3 is 2.25 bits per heavy atom. The number of aryl methyl sites for hydroxylation is 1. The molecule has 3 nitrogen and oxygen atoms in total. The lowest BCUT2D eigenvalue weighted by molar-refractivity contribution is 1.16. The second-order valence-corrected chi connectivity index (χ2v) is 5.98. The van der Waals surface area contributed by atoms with Crippen LogP contribution in [0, 0.1) is 0 Å². The Balaban J connectivity index is 2.22. The van der Waals surface area contributed by atoms with Gasteiger partial charge in [0.15, 0.2) is 0 Å². The van der Waals surface area contributed by atoms with Gasteiger partial charge in [-0.15, -0.1) is 0 Å². The van der Waals surface area contributed by atoms with Crippen LogP contribution in [0.25, 0.3) is 32.9 Å². The van der Waals surface area contributed by atoms with Crippen molar-refractivity contribution in [2.45, 2.75) is 13.3 Å². The Kier molecular flexibility index (Phi) is 3.35. The summed E-state index contributed by atoms with van der Waals surface area (Å²) in [5, 5.41) is 3.42. The first kappa shape index (κ1) is 14.5. The van der Waals surface area contributed by atoms with Crippen LogP contribution in [0.1, 0.15) is 12.5 Å². The van der Waals surface area contributed by atoms with Gasteiger partial charge in [-0.25, -0.2) is 4.98 Å². The van der Waals surface area contributed by atoms with Crippen molar-refractivity contribution >= 4 is 33.1 Å². The van der Waals surface area contributed by atoms with Crippen LogP contribution in [-0.2, 0) is 6.42 Å². The lowest BCUT2D eigenvalue weighted by atomic mass is 9.95. The minimum absolute atomic E-state index is 0.598. The van der Waals surface area contributed by atoms with Gasteiger partial charge in [0.25, 0.3) is 0 Å². The van der Waals surface area contributed by atoms with Crippen molar-refractivity contribution in [1.82, 2.24) is 4.98 Å². The number of pyridine rings is 1. The molecule has 118 valence electrons. The minimum Gasteiger partial charge on any atom is -0.397 e. The van der Waals surface area contributed by atoms with E-state index in [0.717, 1.165) is 39.5 Å². The van der Waals surface area contributed by atoms with E-state index < -0.39 is 0 Å². The summed E-state index contributed by atoms with van der Waals surface area (Å²) in [7, 11) is 0. The molecule has 0 spiro atoms. The van der Waals surface area contributed by atoms with E-state index in [0.29, 0.717) is 11.4 Å². The first-order valence-corrected chi connectivity index (χ1v) is 8.15. The van der Waals surface area contributed by atoms with Crippen molar-refractivity contribution in [3.63, 3.8) is 0 Å². The molecule has 4 rings (SSSR count). The molecule has 0 fully saturated rings. The number of fused-ring (bicyclic) bond motifs is 3. The number of benzene rings is 3. The van der Waals surface area contributed by atoms with Gasteiger partial charge in [0, 0.05) is 16.3 Å². The third kappa shape index (κ3) is 2.09. The number of anilines is 2. The third-order valence-corrected chi connectivity index (χ3v) is 4.57. The van der Waals surface area contributed by atoms with Crippen LogP contribution in [0.2, 0.25) is 0 Å². The Labute approximate surface area is 140 Å². The molecular weight excluding hydrogens is 294 g/mol. The highest BCUT2D eigenvalue weighted by Crippen LogP contribution is 2.37. The predicted molar refractivity (Wildman–Crippen MR) is 103 cm³/mol. The van der Waals surface area contributed by atoms with Crippen molar-refractivity contribution in [2.24, 2.45) is 0 Å². The summed E-state index contributed by atoms with van der Waals surface area (Å²) in [6.07, 6.45) is 0.823.